The summed E-state index contributed by atoms with van der Waals surface area (Å²) in [6.45, 7) is 0. The molecule has 3 N–H and O–H groups in total. The van der Waals surface area contributed by atoms with Gasteiger partial charge in [-0.05, 0) is 36.4 Å². The molecular weight excluding hydrogens is 362 g/mol. The number of fused-ring (bicyclic) bond motifs is 1. The van der Waals surface area contributed by atoms with Crippen LogP contribution in [-0.4, -0.2) is 9.97 Å². The fraction of sp³-hybridized carbons (Fsp3) is 0. The number of aromatic nitrogens is 2. The lowest BCUT2D eigenvalue weighted by molar-refractivity contribution is 0.485. The first-order valence-corrected chi connectivity index (χ1v) is 8.72. The number of nitrogens with zero attached hydrogens (tertiary/aromatic N) is 3. The molecule has 0 amide bonds. The monoisotopic (exact) mass is 377 g/mol. The summed E-state index contributed by atoms with van der Waals surface area (Å²) in [5.74, 6) is 3.69. The smallest absolute Gasteiger partial charge is 0.152 e. The summed E-state index contributed by atoms with van der Waals surface area (Å²) in [6.07, 6.45) is 10.3. The fourth-order valence-corrected chi connectivity index (χ4v) is 2.91. The Kier molecular flexibility index (Phi) is 4.67. The summed E-state index contributed by atoms with van der Waals surface area (Å²) in [5, 5.41) is 13.5. The van der Waals surface area contributed by atoms with Crippen LogP contribution in [0.1, 0.15) is 11.1 Å². The van der Waals surface area contributed by atoms with E-state index in [2.05, 4.69) is 27.3 Å². The highest BCUT2D eigenvalue weighted by atomic mass is 16.5. The number of nitrogens with two attached hydrogens (primary N) is 1. The Morgan fingerprint density at radius 3 is 2.69 bits per heavy atom. The number of rotatable bonds is 4. The van der Waals surface area contributed by atoms with Gasteiger partial charge in [-0.25, -0.2) is 0 Å². The van der Waals surface area contributed by atoms with Gasteiger partial charge in [0.25, 0.3) is 0 Å². The molecule has 0 aliphatic rings. The van der Waals surface area contributed by atoms with Crippen LogP contribution in [0.2, 0.25) is 0 Å². The second kappa shape index (κ2) is 7.59. The maximum Gasteiger partial charge on any atom is 0.152 e. The molecule has 0 saturated carbocycles. The van der Waals surface area contributed by atoms with Crippen LogP contribution in [0.5, 0.6) is 11.5 Å². The van der Waals surface area contributed by atoms with Gasteiger partial charge in [0.15, 0.2) is 5.75 Å². The SMILES string of the molecule is C#Cc1cccc(Nc2c(C#N)cnc3cc(Oc4ccncc4)c(N)cc23)c1. The number of anilines is 3. The van der Waals surface area contributed by atoms with Crippen molar-refractivity contribution in [2.45, 2.75) is 0 Å². The molecule has 2 aromatic carbocycles. The molecule has 0 aliphatic carbocycles. The molecule has 0 bridgehead atoms. The first kappa shape index (κ1) is 17.8. The quantitative estimate of drug-likeness (QED) is 0.398. The standard InChI is InChI=1S/C23H15N5O/c1-2-15-4-3-5-17(10-15)28-23-16(13-24)14-27-21-12-22(20(25)11-19(21)23)29-18-6-8-26-9-7-18/h1,3-12,14H,25H2,(H,27,28). The molecular formula is C23H15N5O. The van der Waals surface area contributed by atoms with Crippen molar-refractivity contribution < 1.29 is 4.74 Å². The van der Waals surface area contributed by atoms with Gasteiger partial charge in [-0.3, -0.25) is 9.97 Å². The largest absolute Gasteiger partial charge is 0.455 e. The van der Waals surface area contributed by atoms with Crippen LogP contribution in [0, 0.1) is 23.7 Å². The van der Waals surface area contributed by atoms with Crippen LogP contribution in [0.4, 0.5) is 17.1 Å². The van der Waals surface area contributed by atoms with E-state index in [0.717, 1.165) is 11.3 Å². The maximum absolute atomic E-state index is 9.55. The van der Waals surface area contributed by atoms with E-state index < -0.39 is 0 Å². The van der Waals surface area contributed by atoms with E-state index in [4.69, 9.17) is 16.9 Å². The predicted molar refractivity (Wildman–Crippen MR) is 113 cm³/mol. The van der Waals surface area contributed by atoms with E-state index >= 15 is 0 Å². The number of ether oxygens (including phenoxy) is 1. The second-order valence-electron chi connectivity index (χ2n) is 6.20. The molecule has 0 atom stereocenters. The average Bonchev–Trinajstić information content (AvgIpc) is 2.76. The number of pyridine rings is 2. The van der Waals surface area contributed by atoms with Gasteiger partial charge < -0.3 is 15.8 Å². The van der Waals surface area contributed by atoms with Crippen LogP contribution in [0.25, 0.3) is 10.9 Å². The summed E-state index contributed by atoms with van der Waals surface area (Å²) in [6, 6.07) is 16.5. The molecule has 4 rings (SSSR count). The Morgan fingerprint density at radius 2 is 1.93 bits per heavy atom. The van der Waals surface area contributed by atoms with Gasteiger partial charge >= 0.3 is 0 Å². The van der Waals surface area contributed by atoms with E-state index in [-0.39, 0.29) is 0 Å². The van der Waals surface area contributed by atoms with Crippen LogP contribution >= 0.6 is 0 Å². The molecule has 6 heteroatoms. The van der Waals surface area contributed by atoms with Crippen LogP contribution in [0.3, 0.4) is 0 Å². The third kappa shape index (κ3) is 3.64. The number of hydrogen-bond acceptors (Lipinski definition) is 6. The molecule has 0 aliphatic heterocycles. The van der Waals surface area contributed by atoms with Crippen molar-refractivity contribution in [1.29, 1.82) is 5.26 Å². The highest BCUT2D eigenvalue weighted by Gasteiger charge is 2.13. The highest BCUT2D eigenvalue weighted by molar-refractivity contribution is 5.98. The Labute approximate surface area is 167 Å². The molecule has 4 aromatic rings. The number of benzene rings is 2. The second-order valence-corrected chi connectivity index (χ2v) is 6.20. The Hall–Kier alpha value is -4.55. The minimum Gasteiger partial charge on any atom is -0.455 e. The van der Waals surface area contributed by atoms with Crippen LogP contribution < -0.4 is 15.8 Å². The minimum absolute atomic E-state index is 0.394. The van der Waals surface area contributed by atoms with E-state index in [1.165, 1.54) is 6.20 Å². The normalized spacial score (nSPS) is 10.1. The van der Waals surface area contributed by atoms with Gasteiger partial charge in [0.2, 0.25) is 0 Å². The van der Waals surface area contributed by atoms with Crippen molar-refractivity contribution in [3.63, 3.8) is 0 Å². The third-order valence-corrected chi connectivity index (χ3v) is 4.30. The molecule has 138 valence electrons. The van der Waals surface area contributed by atoms with Gasteiger partial charge in [-0.2, -0.15) is 5.26 Å². The van der Waals surface area contributed by atoms with Gasteiger partial charge in [-0.15, -0.1) is 6.42 Å². The zero-order valence-electron chi connectivity index (χ0n) is 15.3. The molecule has 6 nitrogen and oxygen atoms in total. The molecule has 0 radical (unpaired) electrons. The van der Waals surface area contributed by atoms with Gasteiger partial charge in [0, 0.05) is 41.3 Å². The molecule has 0 spiro atoms. The van der Waals surface area contributed by atoms with Crippen molar-refractivity contribution in [2.24, 2.45) is 0 Å². The van der Waals surface area contributed by atoms with E-state index in [1.54, 1.807) is 36.7 Å². The predicted octanol–water partition coefficient (Wildman–Crippen LogP) is 4.60. The highest BCUT2D eigenvalue weighted by Crippen LogP contribution is 2.36. The molecule has 0 unspecified atom stereocenters. The number of nitriles is 1. The van der Waals surface area contributed by atoms with Crippen LogP contribution in [0.15, 0.2) is 67.1 Å². The summed E-state index contributed by atoms with van der Waals surface area (Å²) >= 11 is 0. The summed E-state index contributed by atoms with van der Waals surface area (Å²) < 4.78 is 5.85. The first-order chi connectivity index (χ1) is 14.2. The zero-order chi connectivity index (χ0) is 20.2. The topological polar surface area (TPSA) is 96.8 Å². The number of nitrogens with one attached hydrogen (secondary N) is 1. The lowest BCUT2D eigenvalue weighted by atomic mass is 10.1. The summed E-state index contributed by atoms with van der Waals surface area (Å²) in [7, 11) is 0. The molecule has 0 fully saturated rings. The zero-order valence-corrected chi connectivity index (χ0v) is 15.3. The van der Waals surface area contributed by atoms with Crippen LogP contribution in [-0.2, 0) is 0 Å². The van der Waals surface area contributed by atoms with E-state index in [0.29, 0.717) is 39.3 Å². The lowest BCUT2D eigenvalue weighted by Crippen LogP contribution is -1.99. The molecule has 2 aromatic heterocycles. The van der Waals surface area contributed by atoms with Crippen molar-refractivity contribution in [1.82, 2.24) is 9.97 Å². The fourth-order valence-electron chi connectivity index (χ4n) is 2.91. The van der Waals surface area contributed by atoms with Crippen molar-refractivity contribution >= 4 is 28.0 Å². The van der Waals surface area contributed by atoms with E-state index in [1.807, 2.05) is 24.3 Å². The average molecular weight is 377 g/mol. The Bertz CT molecular complexity index is 1290. The third-order valence-electron chi connectivity index (χ3n) is 4.30. The van der Waals surface area contributed by atoms with Gasteiger partial charge in [0.1, 0.15) is 11.8 Å². The Morgan fingerprint density at radius 1 is 1.10 bits per heavy atom. The maximum atomic E-state index is 9.55. The van der Waals surface area contributed by atoms with Crippen molar-refractivity contribution in [3.05, 3.63) is 78.2 Å². The van der Waals surface area contributed by atoms with Gasteiger partial charge in [-0.1, -0.05) is 12.0 Å². The first-order valence-electron chi connectivity index (χ1n) is 8.72. The minimum atomic E-state index is 0.394. The Balaban J connectivity index is 1.80. The number of nitrogen functional groups attached to an aromatic ring is 1. The van der Waals surface area contributed by atoms with E-state index in [9.17, 15) is 5.26 Å². The molecule has 29 heavy (non-hydrogen) atoms. The summed E-state index contributed by atoms with van der Waals surface area (Å²) in [4.78, 5) is 8.36. The molecule has 2 heterocycles. The number of terminal acetylenes is 1. The van der Waals surface area contributed by atoms with Gasteiger partial charge in [0.05, 0.1) is 22.5 Å². The van der Waals surface area contributed by atoms with Crippen molar-refractivity contribution in [2.75, 3.05) is 11.1 Å². The lowest BCUT2D eigenvalue weighted by Gasteiger charge is -2.14. The number of hydrogen-bond donors (Lipinski definition) is 2. The van der Waals surface area contributed by atoms with Crippen molar-refractivity contribution in [3.8, 4) is 29.9 Å². The summed E-state index contributed by atoms with van der Waals surface area (Å²) in [5.41, 5.74) is 9.79. The molecule has 0 saturated heterocycles.